The molecule has 0 radical (unpaired) electrons. The minimum atomic E-state index is -0.323. The maximum Gasteiger partial charge on any atom is 0.123 e. The fourth-order valence-corrected chi connectivity index (χ4v) is 5.24. The number of benzene rings is 3. The Morgan fingerprint density at radius 1 is 0.857 bits per heavy atom. The molecule has 0 aliphatic carbocycles. The quantitative estimate of drug-likeness (QED) is 0.295. The smallest absolute Gasteiger partial charge is 0.123 e. The Labute approximate surface area is 202 Å². The molecule has 2 aromatic heterocycles. The fraction of sp³-hybridized carbons (Fsp3) is 0.207. The molecule has 3 aromatic carbocycles. The molecule has 1 aliphatic rings. The zero-order valence-electron chi connectivity index (χ0n) is 19.3. The molecule has 2 N–H and O–H groups in total. The topological polar surface area (TPSA) is 47.7 Å². The summed E-state index contributed by atoms with van der Waals surface area (Å²) in [6, 6.07) is 21.3. The summed E-state index contributed by atoms with van der Waals surface area (Å²) in [4.78, 5) is 14.0. The van der Waals surface area contributed by atoms with Crippen molar-refractivity contribution in [3.8, 4) is 22.5 Å². The van der Waals surface area contributed by atoms with E-state index in [0.29, 0.717) is 35.0 Å². The lowest BCUT2D eigenvalue weighted by molar-refractivity contribution is 0.201. The zero-order chi connectivity index (χ0) is 23.8. The molecule has 0 atom stereocenters. The monoisotopic (exact) mass is 468 g/mol. The van der Waals surface area contributed by atoms with Crippen molar-refractivity contribution in [2.45, 2.75) is 25.3 Å². The van der Waals surface area contributed by atoms with Gasteiger partial charge in [0, 0.05) is 28.2 Å². The Morgan fingerprint density at radius 3 is 2.34 bits per heavy atom. The Hall–Kier alpha value is -3.77. The van der Waals surface area contributed by atoms with Gasteiger partial charge in [0.05, 0.1) is 17.9 Å². The molecule has 0 unspecified atom stereocenters. The summed E-state index contributed by atoms with van der Waals surface area (Å²) in [6.07, 6.45) is 4.32. The first-order valence-corrected chi connectivity index (χ1v) is 12.0. The molecule has 6 rings (SSSR count). The van der Waals surface area contributed by atoms with Crippen molar-refractivity contribution in [2.24, 2.45) is 0 Å². The van der Waals surface area contributed by atoms with Gasteiger partial charge in [-0.2, -0.15) is 0 Å². The number of piperidine rings is 1. The highest BCUT2D eigenvalue weighted by atomic mass is 19.1. The molecular weight excluding hydrogens is 442 g/mol. The average Bonchev–Trinajstić information content (AvgIpc) is 3.49. The van der Waals surface area contributed by atoms with Crippen LogP contribution in [0.15, 0.2) is 79.0 Å². The number of aromatic amines is 2. The predicted octanol–water partition coefficient (Wildman–Crippen LogP) is 6.88. The molecule has 0 bridgehead atoms. The lowest BCUT2D eigenvalue weighted by Crippen LogP contribution is -2.32. The Balaban J connectivity index is 1.23. The molecule has 1 saturated heterocycles. The number of aromatic nitrogens is 3. The minimum Gasteiger partial charge on any atom is -0.361 e. The van der Waals surface area contributed by atoms with Gasteiger partial charge in [-0.1, -0.05) is 42.5 Å². The second-order valence-electron chi connectivity index (χ2n) is 9.27. The molecule has 1 aliphatic heterocycles. The maximum atomic E-state index is 14.0. The lowest BCUT2D eigenvalue weighted by atomic mass is 9.89. The summed E-state index contributed by atoms with van der Waals surface area (Å²) in [5.41, 5.74) is 5.30. The first kappa shape index (κ1) is 21.7. The van der Waals surface area contributed by atoms with Crippen LogP contribution in [0.25, 0.3) is 33.4 Å². The van der Waals surface area contributed by atoms with Crippen LogP contribution < -0.4 is 0 Å². The van der Waals surface area contributed by atoms with E-state index >= 15 is 0 Å². The van der Waals surface area contributed by atoms with Crippen LogP contribution in [0.4, 0.5) is 8.78 Å². The van der Waals surface area contributed by atoms with Crippen LogP contribution in [0.2, 0.25) is 0 Å². The number of likely N-dealkylation sites (tertiary alicyclic amines) is 1. The number of halogens is 2. The van der Waals surface area contributed by atoms with E-state index < -0.39 is 0 Å². The first-order chi connectivity index (χ1) is 17.1. The van der Waals surface area contributed by atoms with Crippen molar-refractivity contribution in [1.29, 1.82) is 0 Å². The summed E-state index contributed by atoms with van der Waals surface area (Å²) in [5.74, 6) is 0.693. The van der Waals surface area contributed by atoms with Gasteiger partial charge in [-0.05, 0) is 67.7 Å². The van der Waals surface area contributed by atoms with Crippen LogP contribution in [-0.4, -0.2) is 32.9 Å². The molecule has 0 amide bonds. The van der Waals surface area contributed by atoms with Crippen molar-refractivity contribution >= 4 is 10.9 Å². The number of nitrogens with one attached hydrogen (secondary N) is 2. The van der Waals surface area contributed by atoms with E-state index in [-0.39, 0.29) is 11.6 Å². The van der Waals surface area contributed by atoms with E-state index in [0.717, 1.165) is 31.8 Å². The molecule has 3 heterocycles. The molecule has 5 aromatic rings. The van der Waals surface area contributed by atoms with E-state index in [1.165, 1.54) is 40.7 Å². The average molecular weight is 469 g/mol. The second kappa shape index (κ2) is 9.12. The van der Waals surface area contributed by atoms with Crippen LogP contribution in [0.1, 0.15) is 30.1 Å². The van der Waals surface area contributed by atoms with Crippen LogP contribution in [0.5, 0.6) is 0 Å². The molecule has 0 spiro atoms. The number of imidazole rings is 1. The normalized spacial score (nSPS) is 15.1. The van der Waals surface area contributed by atoms with E-state index in [2.05, 4.69) is 45.3 Å². The van der Waals surface area contributed by atoms with E-state index in [4.69, 9.17) is 4.98 Å². The molecule has 35 heavy (non-hydrogen) atoms. The number of hydrogen-bond acceptors (Lipinski definition) is 2. The largest absolute Gasteiger partial charge is 0.361 e. The van der Waals surface area contributed by atoms with E-state index in [9.17, 15) is 8.78 Å². The highest BCUT2D eigenvalue weighted by Gasteiger charge is 2.24. The lowest BCUT2D eigenvalue weighted by Gasteiger charge is -2.31. The SMILES string of the molecule is Fc1cccc(-c2nc(CN3CCC(c4c[nH]c5ccccc45)CC3)[nH]c2-c2cccc(F)c2)c1. The molecule has 0 saturated carbocycles. The molecule has 4 nitrogen and oxygen atoms in total. The second-order valence-corrected chi connectivity index (χ2v) is 9.27. The number of nitrogens with zero attached hydrogens (tertiary/aromatic N) is 2. The fourth-order valence-electron chi connectivity index (χ4n) is 5.24. The standard InChI is InChI=1S/C29H26F2N4/c30-22-7-3-5-20(15-22)28-29(21-6-4-8-23(31)16-21)34-27(33-28)18-35-13-11-19(12-14-35)25-17-32-26-10-2-1-9-24(25)26/h1-10,15-17,19,32H,11-14,18H2,(H,33,34). The third-order valence-electron chi connectivity index (χ3n) is 6.99. The summed E-state index contributed by atoms with van der Waals surface area (Å²) < 4.78 is 27.9. The Bertz CT molecular complexity index is 1410. The summed E-state index contributed by atoms with van der Waals surface area (Å²) in [5, 5.41) is 1.32. The number of rotatable bonds is 5. The zero-order valence-corrected chi connectivity index (χ0v) is 19.3. The molecule has 6 heteroatoms. The van der Waals surface area contributed by atoms with Gasteiger partial charge in [0.25, 0.3) is 0 Å². The number of fused-ring (bicyclic) bond motifs is 1. The van der Waals surface area contributed by atoms with E-state index in [1.54, 1.807) is 12.1 Å². The van der Waals surface area contributed by atoms with Gasteiger partial charge in [0.15, 0.2) is 0 Å². The van der Waals surface area contributed by atoms with Crippen LogP contribution in [0, 0.1) is 11.6 Å². The predicted molar refractivity (Wildman–Crippen MR) is 135 cm³/mol. The van der Waals surface area contributed by atoms with Crippen molar-refractivity contribution in [1.82, 2.24) is 19.9 Å². The molecular formula is C29H26F2N4. The van der Waals surface area contributed by atoms with Crippen molar-refractivity contribution in [3.63, 3.8) is 0 Å². The Morgan fingerprint density at radius 2 is 1.57 bits per heavy atom. The van der Waals surface area contributed by atoms with Crippen LogP contribution in [-0.2, 0) is 6.54 Å². The number of H-pyrrole nitrogens is 2. The van der Waals surface area contributed by atoms with Gasteiger partial charge in [-0.3, -0.25) is 4.90 Å². The Kier molecular flexibility index (Phi) is 5.66. The van der Waals surface area contributed by atoms with Crippen molar-refractivity contribution in [2.75, 3.05) is 13.1 Å². The maximum absolute atomic E-state index is 14.0. The van der Waals surface area contributed by atoms with Crippen molar-refractivity contribution in [3.05, 3.63) is 102 Å². The molecule has 1 fully saturated rings. The van der Waals surface area contributed by atoms with Gasteiger partial charge >= 0.3 is 0 Å². The molecule has 176 valence electrons. The minimum absolute atomic E-state index is 0.316. The van der Waals surface area contributed by atoms with Gasteiger partial charge < -0.3 is 9.97 Å². The highest BCUT2D eigenvalue weighted by Crippen LogP contribution is 2.35. The third-order valence-corrected chi connectivity index (χ3v) is 6.99. The van der Waals surface area contributed by atoms with Crippen LogP contribution >= 0.6 is 0 Å². The van der Waals surface area contributed by atoms with Gasteiger partial charge in [0.2, 0.25) is 0 Å². The van der Waals surface area contributed by atoms with Gasteiger partial charge in [-0.15, -0.1) is 0 Å². The van der Waals surface area contributed by atoms with Crippen LogP contribution in [0.3, 0.4) is 0 Å². The highest BCUT2D eigenvalue weighted by molar-refractivity contribution is 5.83. The van der Waals surface area contributed by atoms with Crippen molar-refractivity contribution < 1.29 is 8.78 Å². The first-order valence-electron chi connectivity index (χ1n) is 12.0. The van der Waals surface area contributed by atoms with E-state index in [1.807, 2.05) is 12.1 Å². The summed E-state index contributed by atoms with van der Waals surface area (Å²) in [7, 11) is 0. The number of para-hydroxylation sites is 1. The van der Waals surface area contributed by atoms with Gasteiger partial charge in [0.1, 0.15) is 17.5 Å². The number of hydrogen-bond donors (Lipinski definition) is 2. The third kappa shape index (κ3) is 4.37. The summed E-state index contributed by atoms with van der Waals surface area (Å²) in [6.45, 7) is 2.60. The summed E-state index contributed by atoms with van der Waals surface area (Å²) >= 11 is 0. The van der Waals surface area contributed by atoms with Gasteiger partial charge in [-0.25, -0.2) is 13.8 Å².